The fraction of sp³-hybridized carbons (Fsp3) is 0.394. The van der Waals surface area contributed by atoms with E-state index in [-0.39, 0.29) is 17.6 Å². The summed E-state index contributed by atoms with van der Waals surface area (Å²) >= 11 is 0. The number of carbonyl (C=O) groups is 1. The van der Waals surface area contributed by atoms with Crippen molar-refractivity contribution in [1.29, 1.82) is 0 Å². The average molecular weight is 558 g/mol. The van der Waals surface area contributed by atoms with Crippen molar-refractivity contribution in [2.45, 2.75) is 51.6 Å². The van der Waals surface area contributed by atoms with Crippen LogP contribution in [-0.2, 0) is 0 Å². The first-order chi connectivity index (χ1) is 19.8. The molecule has 0 bridgehead atoms. The van der Waals surface area contributed by atoms with Crippen LogP contribution in [0.3, 0.4) is 0 Å². The van der Waals surface area contributed by atoms with Crippen molar-refractivity contribution >= 4 is 22.6 Å². The fourth-order valence-electron chi connectivity index (χ4n) is 6.11. The maximum atomic E-state index is 15.9. The lowest BCUT2D eigenvalue weighted by molar-refractivity contribution is 0.0828. The highest BCUT2D eigenvalue weighted by atomic mass is 19.1. The Morgan fingerprint density at radius 3 is 2.46 bits per heavy atom. The number of ether oxygens (including phenoxy) is 1. The van der Waals surface area contributed by atoms with E-state index in [4.69, 9.17) is 4.74 Å². The minimum Gasteiger partial charge on any atom is -0.496 e. The summed E-state index contributed by atoms with van der Waals surface area (Å²) in [6.45, 7) is 6.49. The Morgan fingerprint density at radius 2 is 1.78 bits per heavy atom. The molecule has 41 heavy (non-hydrogen) atoms. The lowest BCUT2D eigenvalue weighted by atomic mass is 9.89. The molecule has 8 heteroatoms. The smallest absolute Gasteiger partial charge is 0.255 e. The number of hydrogen-bond donors (Lipinski definition) is 2. The first-order valence-electron chi connectivity index (χ1n) is 14.5. The summed E-state index contributed by atoms with van der Waals surface area (Å²) in [4.78, 5) is 25.2. The van der Waals surface area contributed by atoms with E-state index in [1.807, 2.05) is 36.5 Å². The summed E-state index contributed by atoms with van der Waals surface area (Å²) in [7, 11) is 5.04. The van der Waals surface area contributed by atoms with Crippen molar-refractivity contribution in [3.05, 3.63) is 66.2 Å². The number of rotatable bonds is 9. The Bertz CT molecular complexity index is 1520. The number of anilines is 1. The van der Waals surface area contributed by atoms with Gasteiger partial charge in [0, 0.05) is 60.6 Å². The zero-order valence-electron chi connectivity index (χ0n) is 24.6. The number of hydrogen-bond acceptors (Lipinski definition) is 5. The molecule has 1 fully saturated rings. The molecule has 0 unspecified atom stereocenters. The van der Waals surface area contributed by atoms with Gasteiger partial charge in [-0.3, -0.25) is 4.79 Å². The Balaban J connectivity index is 1.49. The number of methoxy groups -OCH3 is 1. The molecular weight excluding hydrogens is 517 g/mol. The van der Waals surface area contributed by atoms with Crippen LogP contribution in [-0.4, -0.2) is 72.1 Å². The molecule has 0 spiro atoms. The number of benzene rings is 2. The van der Waals surface area contributed by atoms with Gasteiger partial charge in [-0.2, -0.15) is 0 Å². The van der Waals surface area contributed by atoms with Gasteiger partial charge in [0.05, 0.1) is 18.4 Å². The van der Waals surface area contributed by atoms with Gasteiger partial charge < -0.3 is 24.8 Å². The van der Waals surface area contributed by atoms with Crippen molar-refractivity contribution in [1.82, 2.24) is 19.8 Å². The molecule has 2 N–H and O–H groups in total. The van der Waals surface area contributed by atoms with Crippen molar-refractivity contribution in [2.75, 3.05) is 39.6 Å². The number of aromatic amines is 1. The molecule has 1 aliphatic carbocycles. The molecule has 5 rings (SSSR count). The van der Waals surface area contributed by atoms with Crippen LogP contribution in [0.15, 0.2) is 54.9 Å². The molecule has 1 amide bonds. The number of fused-ring (bicyclic) bond motifs is 1. The number of H-pyrrole nitrogens is 1. The van der Waals surface area contributed by atoms with Crippen LogP contribution >= 0.6 is 0 Å². The van der Waals surface area contributed by atoms with Gasteiger partial charge in [0.2, 0.25) is 0 Å². The van der Waals surface area contributed by atoms with Crippen LogP contribution in [0.25, 0.3) is 33.3 Å². The van der Waals surface area contributed by atoms with Crippen LogP contribution in [0.4, 0.5) is 10.1 Å². The van der Waals surface area contributed by atoms with E-state index in [0.29, 0.717) is 17.2 Å². The molecule has 0 saturated heterocycles. The van der Waals surface area contributed by atoms with Gasteiger partial charge in [-0.25, -0.2) is 9.37 Å². The number of pyridine rings is 1. The van der Waals surface area contributed by atoms with Crippen molar-refractivity contribution in [3.8, 4) is 28.0 Å². The predicted octanol–water partition coefficient (Wildman–Crippen LogP) is 6.81. The molecule has 2 heterocycles. The number of nitrogens with zero attached hydrogens (tertiary/aromatic N) is 3. The first kappa shape index (κ1) is 28.6. The highest BCUT2D eigenvalue weighted by Crippen LogP contribution is 2.37. The summed E-state index contributed by atoms with van der Waals surface area (Å²) in [5.41, 5.74) is 4.54. The fourth-order valence-corrected chi connectivity index (χ4v) is 6.11. The van der Waals surface area contributed by atoms with Crippen LogP contribution in [0.1, 0.15) is 49.9 Å². The van der Waals surface area contributed by atoms with Crippen LogP contribution in [0.5, 0.6) is 5.75 Å². The SMILES string of the molecule is CCN(CC)C1CCC(Nc2c(F)cc(-c3cnc4[nH]cc(-c5ccccc5OC)c4c3)cc2C(=O)N(C)C)CC1. The quantitative estimate of drug-likeness (QED) is 0.237. The number of nitrogens with one attached hydrogen (secondary N) is 2. The van der Waals surface area contributed by atoms with E-state index in [9.17, 15) is 4.79 Å². The van der Waals surface area contributed by atoms with Gasteiger partial charge in [0.1, 0.15) is 17.2 Å². The van der Waals surface area contributed by atoms with E-state index in [1.54, 1.807) is 33.5 Å². The highest BCUT2D eigenvalue weighted by Gasteiger charge is 2.27. The Labute approximate surface area is 241 Å². The summed E-state index contributed by atoms with van der Waals surface area (Å²) in [6.07, 6.45) is 7.63. The van der Waals surface area contributed by atoms with Gasteiger partial charge in [0.25, 0.3) is 5.91 Å². The topological polar surface area (TPSA) is 73.5 Å². The number of amides is 1. The third-order valence-corrected chi connectivity index (χ3v) is 8.36. The lowest BCUT2D eigenvalue weighted by Crippen LogP contribution is -2.40. The van der Waals surface area contributed by atoms with Gasteiger partial charge in [0.15, 0.2) is 0 Å². The lowest BCUT2D eigenvalue weighted by Gasteiger charge is -2.36. The molecule has 216 valence electrons. The van der Waals surface area contributed by atoms with E-state index in [1.165, 1.54) is 11.0 Å². The Hall–Kier alpha value is -3.91. The minimum atomic E-state index is -0.433. The molecule has 4 aromatic rings. The summed E-state index contributed by atoms with van der Waals surface area (Å²) in [5, 5.41) is 4.31. The Morgan fingerprint density at radius 1 is 1.05 bits per heavy atom. The highest BCUT2D eigenvalue weighted by molar-refractivity contribution is 6.02. The Kier molecular flexibility index (Phi) is 8.59. The maximum absolute atomic E-state index is 15.9. The maximum Gasteiger partial charge on any atom is 0.255 e. The second-order valence-electron chi connectivity index (χ2n) is 11.0. The molecule has 7 nitrogen and oxygen atoms in total. The van der Waals surface area contributed by atoms with Crippen LogP contribution in [0, 0.1) is 5.82 Å². The van der Waals surface area contributed by atoms with Gasteiger partial charge in [-0.1, -0.05) is 32.0 Å². The van der Waals surface area contributed by atoms with Gasteiger partial charge in [-0.05, 0) is 68.6 Å². The molecular formula is C33H40FN5O2. The minimum absolute atomic E-state index is 0.122. The van der Waals surface area contributed by atoms with Gasteiger partial charge in [-0.15, -0.1) is 0 Å². The average Bonchev–Trinajstić information content (AvgIpc) is 3.42. The normalized spacial score (nSPS) is 17.1. The molecule has 0 radical (unpaired) electrons. The van der Waals surface area contributed by atoms with Crippen molar-refractivity contribution < 1.29 is 13.9 Å². The molecule has 0 atom stereocenters. The summed E-state index contributed by atoms with van der Waals surface area (Å²) < 4.78 is 21.5. The monoisotopic (exact) mass is 557 g/mol. The van der Waals surface area contributed by atoms with Gasteiger partial charge >= 0.3 is 0 Å². The molecule has 1 saturated carbocycles. The van der Waals surface area contributed by atoms with Crippen molar-refractivity contribution in [3.63, 3.8) is 0 Å². The summed E-state index contributed by atoms with van der Waals surface area (Å²) in [6, 6.07) is 13.8. The molecule has 2 aromatic carbocycles. The number of para-hydroxylation sites is 1. The van der Waals surface area contributed by atoms with E-state index in [0.717, 1.165) is 72.2 Å². The van der Waals surface area contributed by atoms with E-state index >= 15 is 4.39 Å². The molecule has 1 aliphatic rings. The zero-order valence-corrected chi connectivity index (χ0v) is 24.6. The first-order valence-corrected chi connectivity index (χ1v) is 14.5. The third-order valence-electron chi connectivity index (χ3n) is 8.36. The zero-order chi connectivity index (χ0) is 29.1. The van der Waals surface area contributed by atoms with E-state index < -0.39 is 5.82 Å². The standard InChI is InChI=1S/C33H40FN5O2/c1-6-39(7-2)24-14-12-23(13-15-24)37-31-27(33(40)38(3)4)16-21(18-29(31)34)22-17-26-28(20-36-32(26)35-19-22)25-10-8-9-11-30(25)41-5/h8-11,16-20,23-24,37H,6-7,12-15H2,1-5H3,(H,35,36). The number of aromatic nitrogens is 2. The molecule has 2 aromatic heterocycles. The predicted molar refractivity (Wildman–Crippen MR) is 164 cm³/mol. The molecule has 0 aliphatic heterocycles. The number of carbonyl (C=O) groups excluding carboxylic acids is 1. The van der Waals surface area contributed by atoms with E-state index in [2.05, 4.69) is 34.0 Å². The van der Waals surface area contributed by atoms with Crippen molar-refractivity contribution in [2.24, 2.45) is 0 Å². The largest absolute Gasteiger partial charge is 0.496 e. The van der Waals surface area contributed by atoms with Crippen LogP contribution < -0.4 is 10.1 Å². The second-order valence-corrected chi connectivity index (χ2v) is 11.0. The van der Waals surface area contributed by atoms with Crippen LogP contribution in [0.2, 0.25) is 0 Å². The number of halogens is 1. The second kappa shape index (κ2) is 12.3. The third kappa shape index (κ3) is 5.79. The summed E-state index contributed by atoms with van der Waals surface area (Å²) in [5.74, 6) is 0.0819.